The highest BCUT2D eigenvalue weighted by atomic mass is 127. The van der Waals surface area contributed by atoms with E-state index in [1.807, 2.05) is 29.2 Å². The molecule has 1 heterocycles. The van der Waals surface area contributed by atoms with Gasteiger partial charge in [-0.05, 0) is 34.7 Å². The summed E-state index contributed by atoms with van der Waals surface area (Å²) in [7, 11) is 0. The predicted octanol–water partition coefficient (Wildman–Crippen LogP) is 1.64. The van der Waals surface area contributed by atoms with E-state index in [0.717, 1.165) is 35.3 Å². The topological polar surface area (TPSA) is 40.6 Å². The van der Waals surface area contributed by atoms with E-state index in [1.54, 1.807) is 6.92 Å². The Hall–Kier alpha value is -0.950. The van der Waals surface area contributed by atoms with E-state index in [2.05, 4.69) is 27.5 Å². The molecule has 1 saturated heterocycles. The number of carbonyl (C=O) groups is 2. The Bertz CT molecular complexity index is 465. The van der Waals surface area contributed by atoms with Crippen LogP contribution in [-0.2, 0) is 4.79 Å². The van der Waals surface area contributed by atoms with Gasteiger partial charge in [-0.3, -0.25) is 14.5 Å². The van der Waals surface area contributed by atoms with Crippen molar-refractivity contribution in [2.45, 2.75) is 6.92 Å². The average Bonchev–Trinajstić information content (AvgIpc) is 2.40. The van der Waals surface area contributed by atoms with Gasteiger partial charge in [-0.2, -0.15) is 0 Å². The number of hydrogen-bond acceptors (Lipinski definition) is 3. The summed E-state index contributed by atoms with van der Waals surface area (Å²) < 4.78 is 1.13. The van der Waals surface area contributed by atoms with E-state index in [0.29, 0.717) is 6.54 Å². The van der Waals surface area contributed by atoms with Crippen molar-refractivity contribution in [3.8, 4) is 0 Å². The highest BCUT2D eigenvalue weighted by Crippen LogP contribution is 2.09. The second kappa shape index (κ2) is 6.47. The lowest BCUT2D eigenvalue weighted by atomic mass is 10.1. The zero-order chi connectivity index (χ0) is 13.8. The van der Waals surface area contributed by atoms with Gasteiger partial charge in [0.15, 0.2) is 5.78 Å². The first-order valence-electron chi connectivity index (χ1n) is 6.33. The van der Waals surface area contributed by atoms with Crippen molar-refractivity contribution >= 4 is 34.3 Å². The molecule has 0 radical (unpaired) electrons. The maximum Gasteiger partial charge on any atom is 0.219 e. The number of halogens is 1. The van der Waals surface area contributed by atoms with Crippen molar-refractivity contribution in [1.82, 2.24) is 9.80 Å². The fourth-order valence-electron chi connectivity index (χ4n) is 2.15. The van der Waals surface area contributed by atoms with Crippen LogP contribution in [0, 0.1) is 3.57 Å². The number of amides is 1. The summed E-state index contributed by atoms with van der Waals surface area (Å²) in [6, 6.07) is 7.63. The molecule has 0 aliphatic carbocycles. The molecule has 1 aliphatic heterocycles. The summed E-state index contributed by atoms with van der Waals surface area (Å²) in [4.78, 5) is 27.3. The maximum atomic E-state index is 12.1. The largest absolute Gasteiger partial charge is 0.340 e. The second-order valence-electron chi connectivity index (χ2n) is 4.71. The molecule has 0 spiro atoms. The highest BCUT2D eigenvalue weighted by Gasteiger charge is 2.20. The zero-order valence-electron chi connectivity index (χ0n) is 10.9. The minimum atomic E-state index is 0.114. The van der Waals surface area contributed by atoms with Gasteiger partial charge >= 0.3 is 0 Å². The van der Waals surface area contributed by atoms with Crippen molar-refractivity contribution in [3.05, 3.63) is 33.4 Å². The normalized spacial score (nSPS) is 16.4. The number of nitrogens with zero attached hydrogens (tertiary/aromatic N) is 2. The van der Waals surface area contributed by atoms with Crippen molar-refractivity contribution < 1.29 is 9.59 Å². The lowest BCUT2D eigenvalue weighted by Gasteiger charge is -2.33. The quantitative estimate of drug-likeness (QED) is 0.599. The third-order valence-electron chi connectivity index (χ3n) is 3.35. The fourth-order valence-corrected chi connectivity index (χ4v) is 2.51. The molecule has 0 atom stereocenters. The molecule has 0 unspecified atom stereocenters. The van der Waals surface area contributed by atoms with E-state index in [9.17, 15) is 9.59 Å². The molecular formula is C14H17IN2O2. The summed E-state index contributed by atoms with van der Waals surface area (Å²) in [6.45, 7) is 5.01. The van der Waals surface area contributed by atoms with Gasteiger partial charge in [-0.1, -0.05) is 12.1 Å². The summed E-state index contributed by atoms with van der Waals surface area (Å²) in [5.41, 5.74) is 0.759. The zero-order valence-corrected chi connectivity index (χ0v) is 13.1. The van der Waals surface area contributed by atoms with Crippen molar-refractivity contribution in [2.75, 3.05) is 32.7 Å². The Labute approximate surface area is 126 Å². The molecule has 1 aliphatic rings. The summed E-state index contributed by atoms with van der Waals surface area (Å²) in [6.07, 6.45) is 0. The Balaban J connectivity index is 1.87. The van der Waals surface area contributed by atoms with Gasteiger partial charge in [0.1, 0.15) is 0 Å². The smallest absolute Gasteiger partial charge is 0.219 e. The van der Waals surface area contributed by atoms with E-state index in [1.165, 1.54) is 0 Å². The van der Waals surface area contributed by atoms with Gasteiger partial charge < -0.3 is 4.90 Å². The van der Waals surface area contributed by atoms with Crippen molar-refractivity contribution in [3.63, 3.8) is 0 Å². The van der Waals surface area contributed by atoms with Crippen LogP contribution in [0.2, 0.25) is 0 Å². The molecule has 5 heteroatoms. The van der Waals surface area contributed by atoms with Crippen molar-refractivity contribution in [1.29, 1.82) is 0 Å². The minimum absolute atomic E-state index is 0.114. The van der Waals surface area contributed by atoms with Crippen LogP contribution in [0.4, 0.5) is 0 Å². The van der Waals surface area contributed by atoms with E-state index in [4.69, 9.17) is 0 Å². The summed E-state index contributed by atoms with van der Waals surface area (Å²) in [5, 5.41) is 0. The first kappa shape index (κ1) is 14.5. The van der Waals surface area contributed by atoms with Crippen LogP contribution >= 0.6 is 22.6 Å². The molecule has 1 aromatic rings. The summed E-state index contributed by atoms with van der Waals surface area (Å²) >= 11 is 2.22. The second-order valence-corrected chi connectivity index (χ2v) is 5.96. The molecule has 1 amide bonds. The number of ketones is 1. The average molecular weight is 372 g/mol. The van der Waals surface area contributed by atoms with Crippen LogP contribution in [0.3, 0.4) is 0 Å². The van der Waals surface area contributed by atoms with E-state index in [-0.39, 0.29) is 11.7 Å². The summed E-state index contributed by atoms with van der Waals surface area (Å²) in [5.74, 6) is 0.260. The predicted molar refractivity (Wildman–Crippen MR) is 82.2 cm³/mol. The van der Waals surface area contributed by atoms with Crippen LogP contribution in [0.5, 0.6) is 0 Å². The third kappa shape index (κ3) is 4.01. The Kier molecular flexibility index (Phi) is 4.93. The Morgan fingerprint density at radius 2 is 1.68 bits per heavy atom. The molecule has 0 saturated carbocycles. The Morgan fingerprint density at radius 3 is 2.21 bits per heavy atom. The highest BCUT2D eigenvalue weighted by molar-refractivity contribution is 14.1. The van der Waals surface area contributed by atoms with Gasteiger partial charge in [0.2, 0.25) is 5.91 Å². The van der Waals surface area contributed by atoms with Crippen LogP contribution in [0.25, 0.3) is 0 Å². The Morgan fingerprint density at radius 1 is 1.11 bits per heavy atom. The van der Waals surface area contributed by atoms with E-state index >= 15 is 0 Å². The standard InChI is InChI=1S/C14H17IN2O2/c1-11(18)17-8-6-16(7-9-17)10-14(19)12-2-4-13(15)5-3-12/h2-5H,6-10H2,1H3. The third-order valence-corrected chi connectivity index (χ3v) is 4.07. The first-order valence-corrected chi connectivity index (χ1v) is 7.41. The van der Waals surface area contributed by atoms with Crippen LogP contribution < -0.4 is 0 Å². The molecule has 4 nitrogen and oxygen atoms in total. The monoisotopic (exact) mass is 372 g/mol. The molecule has 0 N–H and O–H groups in total. The lowest BCUT2D eigenvalue weighted by molar-refractivity contribution is -0.130. The van der Waals surface area contributed by atoms with Gasteiger partial charge in [0.25, 0.3) is 0 Å². The number of Topliss-reactive ketones (excluding diaryl/α,β-unsaturated/α-hetero) is 1. The van der Waals surface area contributed by atoms with Gasteiger partial charge in [-0.25, -0.2) is 0 Å². The first-order chi connectivity index (χ1) is 9.06. The number of rotatable bonds is 3. The van der Waals surface area contributed by atoms with Gasteiger partial charge in [0, 0.05) is 42.2 Å². The molecule has 102 valence electrons. The van der Waals surface area contributed by atoms with Crippen molar-refractivity contribution in [2.24, 2.45) is 0 Å². The molecule has 0 bridgehead atoms. The molecule has 0 aromatic heterocycles. The van der Waals surface area contributed by atoms with Crippen LogP contribution in [-0.4, -0.2) is 54.2 Å². The maximum absolute atomic E-state index is 12.1. The number of piperazine rings is 1. The van der Waals surface area contributed by atoms with Gasteiger partial charge in [0.05, 0.1) is 6.54 Å². The number of benzene rings is 1. The molecule has 1 fully saturated rings. The number of hydrogen-bond donors (Lipinski definition) is 0. The van der Waals surface area contributed by atoms with Gasteiger partial charge in [-0.15, -0.1) is 0 Å². The lowest BCUT2D eigenvalue weighted by Crippen LogP contribution is -2.49. The molecule has 19 heavy (non-hydrogen) atoms. The SMILES string of the molecule is CC(=O)N1CCN(CC(=O)c2ccc(I)cc2)CC1. The van der Waals surface area contributed by atoms with Crippen LogP contribution in [0.1, 0.15) is 17.3 Å². The number of carbonyl (C=O) groups excluding carboxylic acids is 2. The van der Waals surface area contributed by atoms with E-state index < -0.39 is 0 Å². The van der Waals surface area contributed by atoms with Crippen LogP contribution in [0.15, 0.2) is 24.3 Å². The molecule has 2 rings (SSSR count). The fraction of sp³-hybridized carbons (Fsp3) is 0.429. The molecule has 1 aromatic carbocycles. The molecular weight excluding hydrogens is 355 g/mol. The minimum Gasteiger partial charge on any atom is -0.340 e.